The van der Waals surface area contributed by atoms with Crippen molar-refractivity contribution in [2.45, 2.75) is 53.6 Å². The van der Waals surface area contributed by atoms with Gasteiger partial charge in [0.15, 0.2) is 0 Å². The summed E-state index contributed by atoms with van der Waals surface area (Å²) in [5.41, 5.74) is 2.41. The maximum atomic E-state index is 4.53. The molecule has 3 nitrogen and oxygen atoms in total. The summed E-state index contributed by atoms with van der Waals surface area (Å²) >= 11 is 3.65. The predicted octanol–water partition coefficient (Wildman–Crippen LogP) is 3.15. The molecule has 17 heavy (non-hydrogen) atoms. The van der Waals surface area contributed by atoms with Crippen LogP contribution in [0.2, 0.25) is 0 Å². The van der Waals surface area contributed by atoms with E-state index in [0.717, 1.165) is 25.2 Å². The fourth-order valence-corrected chi connectivity index (χ4v) is 2.35. The lowest BCUT2D eigenvalue weighted by Gasteiger charge is -2.15. The molecule has 0 spiro atoms. The summed E-state index contributed by atoms with van der Waals surface area (Å²) in [6.45, 7) is 12.8. The lowest BCUT2D eigenvalue weighted by atomic mass is 10.0. The molecule has 0 bridgehead atoms. The fourth-order valence-electron chi connectivity index (χ4n) is 1.90. The second kappa shape index (κ2) is 6.55. The summed E-state index contributed by atoms with van der Waals surface area (Å²) < 4.78 is 3.28. The Labute approximate surface area is 113 Å². The first-order valence-electron chi connectivity index (χ1n) is 6.40. The second-order valence-corrected chi connectivity index (χ2v) is 5.83. The van der Waals surface area contributed by atoms with Crippen LogP contribution in [0.5, 0.6) is 0 Å². The van der Waals surface area contributed by atoms with Crippen LogP contribution >= 0.6 is 15.9 Å². The van der Waals surface area contributed by atoms with E-state index in [9.17, 15) is 0 Å². The molecule has 1 aromatic rings. The van der Waals surface area contributed by atoms with E-state index in [4.69, 9.17) is 0 Å². The van der Waals surface area contributed by atoms with Crippen molar-refractivity contribution in [2.75, 3.05) is 6.54 Å². The van der Waals surface area contributed by atoms with Crippen molar-refractivity contribution < 1.29 is 0 Å². The van der Waals surface area contributed by atoms with Crippen LogP contribution in [0, 0.1) is 12.8 Å². The number of aromatic nitrogens is 2. The van der Waals surface area contributed by atoms with Crippen LogP contribution in [0.25, 0.3) is 0 Å². The Kier molecular flexibility index (Phi) is 5.67. The predicted molar refractivity (Wildman–Crippen MR) is 76.3 cm³/mol. The second-order valence-electron chi connectivity index (χ2n) is 5.03. The average Bonchev–Trinajstić information content (AvgIpc) is 2.54. The van der Waals surface area contributed by atoms with E-state index >= 15 is 0 Å². The average molecular weight is 302 g/mol. The van der Waals surface area contributed by atoms with Crippen molar-refractivity contribution in [2.24, 2.45) is 5.92 Å². The molecule has 0 fully saturated rings. The minimum absolute atomic E-state index is 0.554. The molecule has 1 rings (SSSR count). The Balaban J connectivity index is 2.67. The van der Waals surface area contributed by atoms with Crippen molar-refractivity contribution in [3.05, 3.63) is 15.9 Å². The molecule has 4 heteroatoms. The Bertz CT molecular complexity index is 358. The molecule has 1 aromatic heterocycles. The molecule has 0 aliphatic heterocycles. The van der Waals surface area contributed by atoms with Crippen LogP contribution in [0.3, 0.4) is 0 Å². The number of rotatable bonds is 6. The molecular weight excluding hydrogens is 278 g/mol. The molecule has 0 saturated heterocycles. The van der Waals surface area contributed by atoms with Crippen molar-refractivity contribution in [1.29, 1.82) is 0 Å². The number of halogens is 1. The third-order valence-corrected chi connectivity index (χ3v) is 3.90. The molecule has 0 aliphatic carbocycles. The van der Waals surface area contributed by atoms with Gasteiger partial charge in [-0.15, -0.1) is 0 Å². The molecule has 0 saturated carbocycles. The van der Waals surface area contributed by atoms with E-state index in [1.165, 1.54) is 10.2 Å². The van der Waals surface area contributed by atoms with Gasteiger partial charge >= 0.3 is 0 Å². The van der Waals surface area contributed by atoms with Crippen LogP contribution < -0.4 is 5.32 Å². The molecule has 0 radical (unpaired) electrons. The highest BCUT2D eigenvalue weighted by Gasteiger charge is 2.15. The molecule has 1 heterocycles. The summed E-state index contributed by atoms with van der Waals surface area (Å²) in [6.07, 6.45) is 1.06. The summed E-state index contributed by atoms with van der Waals surface area (Å²) in [5, 5.41) is 8.01. The van der Waals surface area contributed by atoms with Crippen LogP contribution in [0.1, 0.15) is 39.1 Å². The zero-order chi connectivity index (χ0) is 13.0. The fraction of sp³-hybridized carbons (Fsp3) is 0.769. The smallest absolute Gasteiger partial charge is 0.0738 e. The number of aryl methyl sites for hydroxylation is 2. The van der Waals surface area contributed by atoms with E-state index in [-0.39, 0.29) is 0 Å². The molecule has 98 valence electrons. The van der Waals surface area contributed by atoms with Gasteiger partial charge in [0.25, 0.3) is 0 Å². The van der Waals surface area contributed by atoms with Gasteiger partial charge in [-0.25, -0.2) is 0 Å². The van der Waals surface area contributed by atoms with E-state index in [1.54, 1.807) is 0 Å². The summed E-state index contributed by atoms with van der Waals surface area (Å²) in [7, 11) is 0. The van der Waals surface area contributed by atoms with Gasteiger partial charge in [-0.3, -0.25) is 4.68 Å². The van der Waals surface area contributed by atoms with Crippen molar-refractivity contribution >= 4 is 15.9 Å². The minimum atomic E-state index is 0.554. The Morgan fingerprint density at radius 3 is 2.53 bits per heavy atom. The normalized spacial score (nSPS) is 13.4. The van der Waals surface area contributed by atoms with E-state index in [1.807, 2.05) is 0 Å². The quantitative estimate of drug-likeness (QED) is 0.875. The highest BCUT2D eigenvalue weighted by molar-refractivity contribution is 9.10. The van der Waals surface area contributed by atoms with Gasteiger partial charge in [0, 0.05) is 12.6 Å². The minimum Gasteiger partial charge on any atom is -0.314 e. The maximum Gasteiger partial charge on any atom is 0.0738 e. The first kappa shape index (κ1) is 14.7. The Morgan fingerprint density at radius 1 is 1.35 bits per heavy atom. The van der Waals surface area contributed by atoms with Gasteiger partial charge in [-0.05, 0) is 48.7 Å². The molecule has 0 aliphatic rings. The van der Waals surface area contributed by atoms with E-state index in [0.29, 0.717) is 12.0 Å². The van der Waals surface area contributed by atoms with Crippen LogP contribution in [0.15, 0.2) is 4.47 Å². The largest absolute Gasteiger partial charge is 0.314 e. The summed E-state index contributed by atoms with van der Waals surface area (Å²) in [6, 6.07) is 0.554. The first-order chi connectivity index (χ1) is 7.95. The molecular formula is C13H24BrN3. The Hall–Kier alpha value is -0.350. The van der Waals surface area contributed by atoms with E-state index in [2.05, 4.69) is 65.6 Å². The standard InChI is InChI=1S/C13H24BrN3/c1-6-17-12(13(14)11(5)16-17)7-10(4)8-15-9(2)3/h9-10,15H,6-8H2,1-5H3. The lowest BCUT2D eigenvalue weighted by Crippen LogP contribution is -2.29. The van der Waals surface area contributed by atoms with Gasteiger partial charge in [-0.1, -0.05) is 20.8 Å². The third kappa shape index (κ3) is 4.11. The van der Waals surface area contributed by atoms with Gasteiger partial charge < -0.3 is 5.32 Å². The molecule has 0 aromatic carbocycles. The van der Waals surface area contributed by atoms with Crippen molar-refractivity contribution in [1.82, 2.24) is 15.1 Å². The molecule has 1 unspecified atom stereocenters. The van der Waals surface area contributed by atoms with E-state index < -0.39 is 0 Å². The molecule has 1 atom stereocenters. The zero-order valence-corrected chi connectivity index (χ0v) is 13.1. The SMILES string of the molecule is CCn1nc(C)c(Br)c1CC(C)CNC(C)C. The monoisotopic (exact) mass is 301 g/mol. The lowest BCUT2D eigenvalue weighted by molar-refractivity contribution is 0.460. The highest BCUT2D eigenvalue weighted by Crippen LogP contribution is 2.23. The van der Waals surface area contributed by atoms with Crippen LogP contribution in [0.4, 0.5) is 0 Å². The van der Waals surface area contributed by atoms with Gasteiger partial charge in [0.05, 0.1) is 15.9 Å². The van der Waals surface area contributed by atoms with Crippen LogP contribution in [-0.2, 0) is 13.0 Å². The summed E-state index contributed by atoms with van der Waals surface area (Å²) in [5.74, 6) is 0.620. The highest BCUT2D eigenvalue weighted by atomic mass is 79.9. The first-order valence-corrected chi connectivity index (χ1v) is 7.20. The van der Waals surface area contributed by atoms with Crippen LogP contribution in [-0.4, -0.2) is 22.4 Å². The number of nitrogens with one attached hydrogen (secondary N) is 1. The third-order valence-electron chi connectivity index (χ3n) is 2.87. The van der Waals surface area contributed by atoms with Gasteiger partial charge in [0.1, 0.15) is 0 Å². The molecule has 0 amide bonds. The topological polar surface area (TPSA) is 29.9 Å². The zero-order valence-electron chi connectivity index (χ0n) is 11.5. The number of hydrogen-bond donors (Lipinski definition) is 1. The number of nitrogens with zero attached hydrogens (tertiary/aromatic N) is 2. The summed E-state index contributed by atoms with van der Waals surface area (Å²) in [4.78, 5) is 0. The Morgan fingerprint density at radius 2 is 2.00 bits per heavy atom. The maximum absolute atomic E-state index is 4.53. The van der Waals surface area contributed by atoms with Crippen molar-refractivity contribution in [3.8, 4) is 0 Å². The van der Waals surface area contributed by atoms with Crippen molar-refractivity contribution in [3.63, 3.8) is 0 Å². The van der Waals surface area contributed by atoms with Gasteiger partial charge in [0.2, 0.25) is 0 Å². The van der Waals surface area contributed by atoms with Gasteiger partial charge in [-0.2, -0.15) is 5.10 Å². The molecule has 1 N–H and O–H groups in total. The number of hydrogen-bond acceptors (Lipinski definition) is 2.